The third kappa shape index (κ3) is 2.36. The van der Waals surface area contributed by atoms with E-state index in [1.807, 2.05) is 13.0 Å². The van der Waals surface area contributed by atoms with E-state index >= 15 is 0 Å². The van der Waals surface area contributed by atoms with Gasteiger partial charge in [0.25, 0.3) is 0 Å². The topological polar surface area (TPSA) is 29.3 Å². The third-order valence-corrected chi connectivity index (χ3v) is 4.80. The zero-order valence-corrected chi connectivity index (χ0v) is 11.6. The van der Waals surface area contributed by atoms with Gasteiger partial charge in [-0.2, -0.15) is 0 Å². The van der Waals surface area contributed by atoms with Crippen LogP contribution in [0, 0.1) is 11.7 Å². The highest BCUT2D eigenvalue weighted by molar-refractivity contribution is 5.57. The molecule has 2 fully saturated rings. The molecule has 1 saturated heterocycles. The maximum Gasteiger partial charge on any atom is 0.123 e. The Hall–Kier alpha value is -1.09. The molecule has 0 aromatic heterocycles. The molecule has 3 heteroatoms. The van der Waals surface area contributed by atoms with E-state index in [1.165, 1.54) is 32.1 Å². The molecule has 2 aliphatic rings. The van der Waals surface area contributed by atoms with Crippen molar-refractivity contribution in [2.45, 2.75) is 51.1 Å². The molecule has 2 nitrogen and oxygen atoms in total. The predicted molar refractivity (Wildman–Crippen MR) is 76.7 cm³/mol. The Morgan fingerprint density at radius 1 is 1.26 bits per heavy atom. The Morgan fingerprint density at radius 2 is 2.05 bits per heavy atom. The number of nitrogens with two attached hydrogens (primary N) is 1. The van der Waals surface area contributed by atoms with E-state index in [9.17, 15) is 4.39 Å². The Kier molecular flexibility index (Phi) is 3.48. The van der Waals surface area contributed by atoms with Gasteiger partial charge >= 0.3 is 0 Å². The van der Waals surface area contributed by atoms with Gasteiger partial charge in [-0.15, -0.1) is 0 Å². The van der Waals surface area contributed by atoms with Crippen molar-refractivity contribution in [1.29, 1.82) is 0 Å². The van der Waals surface area contributed by atoms with Crippen molar-refractivity contribution in [2.24, 2.45) is 11.7 Å². The van der Waals surface area contributed by atoms with E-state index in [1.54, 1.807) is 12.1 Å². The highest BCUT2D eigenvalue weighted by Crippen LogP contribution is 2.40. The zero-order valence-electron chi connectivity index (χ0n) is 11.6. The highest BCUT2D eigenvalue weighted by atomic mass is 19.1. The molecule has 0 radical (unpaired) electrons. The molecule has 0 bridgehead atoms. The minimum atomic E-state index is -0.185. The lowest BCUT2D eigenvalue weighted by molar-refractivity contribution is 0.342. The van der Waals surface area contributed by atoms with E-state index in [4.69, 9.17) is 5.73 Å². The summed E-state index contributed by atoms with van der Waals surface area (Å²) in [6, 6.07) is 5.63. The monoisotopic (exact) mass is 262 g/mol. The Balaban J connectivity index is 1.93. The van der Waals surface area contributed by atoms with Crippen LogP contribution >= 0.6 is 0 Å². The van der Waals surface area contributed by atoms with Gasteiger partial charge < -0.3 is 10.6 Å². The summed E-state index contributed by atoms with van der Waals surface area (Å²) in [4.78, 5) is 2.49. The van der Waals surface area contributed by atoms with Crippen LogP contribution in [0.3, 0.4) is 0 Å². The van der Waals surface area contributed by atoms with Gasteiger partial charge in [-0.1, -0.05) is 12.8 Å². The average Bonchev–Trinajstić information content (AvgIpc) is 2.82. The fourth-order valence-corrected chi connectivity index (χ4v) is 3.86. The first-order valence-corrected chi connectivity index (χ1v) is 7.48. The summed E-state index contributed by atoms with van der Waals surface area (Å²) in [5, 5.41) is 0. The summed E-state index contributed by atoms with van der Waals surface area (Å²) in [6.07, 6.45) is 6.61. The van der Waals surface area contributed by atoms with Crippen LogP contribution in [0.1, 0.15) is 50.6 Å². The summed E-state index contributed by atoms with van der Waals surface area (Å²) in [5.74, 6) is 0.648. The molecule has 0 spiro atoms. The van der Waals surface area contributed by atoms with E-state index in [2.05, 4.69) is 4.90 Å². The van der Waals surface area contributed by atoms with Crippen molar-refractivity contribution in [3.05, 3.63) is 29.6 Å². The number of anilines is 1. The largest absolute Gasteiger partial charge is 0.368 e. The van der Waals surface area contributed by atoms with Crippen LogP contribution in [-0.2, 0) is 0 Å². The van der Waals surface area contributed by atoms with Crippen LogP contribution in [0.15, 0.2) is 18.2 Å². The smallest absolute Gasteiger partial charge is 0.123 e. The summed E-state index contributed by atoms with van der Waals surface area (Å²) in [5.41, 5.74) is 8.13. The zero-order chi connectivity index (χ0) is 13.4. The normalized spacial score (nSPS) is 28.3. The second-order valence-electron chi connectivity index (χ2n) is 6.09. The Bertz CT molecular complexity index is 458. The minimum Gasteiger partial charge on any atom is -0.368 e. The van der Waals surface area contributed by atoms with Gasteiger partial charge in [-0.05, 0) is 55.9 Å². The molecule has 19 heavy (non-hydrogen) atoms. The number of hydrogen-bond acceptors (Lipinski definition) is 2. The van der Waals surface area contributed by atoms with E-state index in [-0.39, 0.29) is 11.9 Å². The highest BCUT2D eigenvalue weighted by Gasteiger charge is 2.36. The minimum absolute atomic E-state index is 0.117. The summed E-state index contributed by atoms with van der Waals surface area (Å²) < 4.78 is 13.5. The maximum absolute atomic E-state index is 13.5. The molecule has 3 atom stereocenters. The lowest BCUT2D eigenvalue weighted by Gasteiger charge is -2.34. The molecule has 2 unspecified atom stereocenters. The van der Waals surface area contributed by atoms with Gasteiger partial charge in [-0.25, -0.2) is 4.39 Å². The summed E-state index contributed by atoms with van der Waals surface area (Å²) in [7, 11) is 0. The van der Waals surface area contributed by atoms with Crippen LogP contribution in [0.5, 0.6) is 0 Å². The van der Waals surface area contributed by atoms with Gasteiger partial charge in [0, 0.05) is 24.3 Å². The Labute approximate surface area is 114 Å². The van der Waals surface area contributed by atoms with Crippen LogP contribution in [0.4, 0.5) is 10.1 Å². The second-order valence-corrected chi connectivity index (χ2v) is 6.09. The van der Waals surface area contributed by atoms with Crippen molar-refractivity contribution in [1.82, 2.24) is 0 Å². The molecular formula is C16H23FN2. The predicted octanol–water partition coefficient (Wildman–Crippen LogP) is 3.61. The SMILES string of the molecule is C[C@@H](N)c1cc(F)ccc1N1CCC2CCCCC21. The quantitative estimate of drug-likeness (QED) is 0.882. The molecule has 1 aliphatic carbocycles. The molecule has 1 heterocycles. The number of hydrogen-bond donors (Lipinski definition) is 1. The van der Waals surface area contributed by atoms with Gasteiger partial charge in [0.05, 0.1) is 0 Å². The molecule has 0 amide bonds. The van der Waals surface area contributed by atoms with Crippen LogP contribution < -0.4 is 10.6 Å². The molecule has 104 valence electrons. The molecule has 1 aliphatic heterocycles. The first-order chi connectivity index (χ1) is 9.16. The van der Waals surface area contributed by atoms with Crippen molar-refractivity contribution in [3.63, 3.8) is 0 Å². The molecule has 1 aromatic rings. The lowest BCUT2D eigenvalue weighted by atomic mass is 9.85. The Morgan fingerprint density at radius 3 is 2.84 bits per heavy atom. The molecule has 1 aromatic carbocycles. The van der Waals surface area contributed by atoms with Crippen molar-refractivity contribution in [3.8, 4) is 0 Å². The van der Waals surface area contributed by atoms with Crippen LogP contribution in [0.2, 0.25) is 0 Å². The lowest BCUT2D eigenvalue weighted by Crippen LogP contribution is -2.35. The van der Waals surface area contributed by atoms with Crippen LogP contribution in [0.25, 0.3) is 0 Å². The summed E-state index contributed by atoms with van der Waals surface area (Å²) >= 11 is 0. The molecular weight excluding hydrogens is 239 g/mol. The van der Waals surface area contributed by atoms with Crippen molar-refractivity contribution < 1.29 is 4.39 Å². The van der Waals surface area contributed by atoms with Gasteiger partial charge in [0.1, 0.15) is 5.82 Å². The fourth-order valence-electron chi connectivity index (χ4n) is 3.86. The second kappa shape index (κ2) is 5.12. The standard InChI is InChI=1S/C16H23FN2/c1-11(18)14-10-13(17)6-7-16(14)19-9-8-12-4-2-3-5-15(12)19/h6-7,10-12,15H,2-5,8-9,18H2,1H3/t11-,12?,15?/m1/s1. The van der Waals surface area contributed by atoms with E-state index in [0.717, 1.165) is 23.7 Å². The fraction of sp³-hybridized carbons (Fsp3) is 0.625. The van der Waals surface area contributed by atoms with Gasteiger partial charge in [0.2, 0.25) is 0 Å². The first kappa shape index (κ1) is 12.9. The van der Waals surface area contributed by atoms with Crippen LogP contribution in [-0.4, -0.2) is 12.6 Å². The number of rotatable bonds is 2. The van der Waals surface area contributed by atoms with E-state index in [0.29, 0.717) is 6.04 Å². The molecule has 2 N–H and O–H groups in total. The maximum atomic E-state index is 13.5. The van der Waals surface area contributed by atoms with Gasteiger partial charge in [-0.3, -0.25) is 0 Å². The number of fused-ring (bicyclic) bond motifs is 1. The number of halogens is 1. The molecule has 1 saturated carbocycles. The van der Waals surface area contributed by atoms with Gasteiger partial charge in [0.15, 0.2) is 0 Å². The van der Waals surface area contributed by atoms with E-state index < -0.39 is 0 Å². The van der Waals surface area contributed by atoms with Crippen molar-refractivity contribution >= 4 is 5.69 Å². The molecule has 3 rings (SSSR count). The average molecular weight is 262 g/mol. The third-order valence-electron chi connectivity index (χ3n) is 4.80. The number of nitrogens with zero attached hydrogens (tertiary/aromatic N) is 1. The summed E-state index contributed by atoms with van der Waals surface area (Å²) in [6.45, 7) is 3.04. The number of benzene rings is 1. The van der Waals surface area contributed by atoms with Crippen molar-refractivity contribution in [2.75, 3.05) is 11.4 Å². The first-order valence-electron chi connectivity index (χ1n) is 7.48.